The third-order valence-electron chi connectivity index (χ3n) is 8.49. The third-order valence-corrected chi connectivity index (χ3v) is 8.49. The van der Waals surface area contributed by atoms with Crippen molar-refractivity contribution in [1.29, 1.82) is 5.26 Å². The molecular formula is C36H28FN2O+. The van der Waals surface area contributed by atoms with Gasteiger partial charge in [-0.2, -0.15) is 5.26 Å². The predicted molar refractivity (Wildman–Crippen MR) is 157 cm³/mol. The molecule has 2 heterocycles. The number of pyridine rings is 1. The summed E-state index contributed by atoms with van der Waals surface area (Å²) < 4.78 is 46.6. The van der Waals surface area contributed by atoms with Gasteiger partial charge >= 0.3 is 0 Å². The van der Waals surface area contributed by atoms with Crippen molar-refractivity contribution < 1.29 is 17.5 Å². The second kappa shape index (κ2) is 8.37. The molecule has 0 unspecified atom stereocenters. The standard InChI is InChI=1S/C36H28FN2O/c1-20-10-13-26-27-15-12-23(18-38)33(35(27)40-34(26)32(20)31-17-30(37)21(2)19-39(31)5)22-11-14-25-24-8-6-7-9-28(24)36(3,4)29(25)16-22/h6-17,19H,1-5H3/q+1/i2D3. The van der Waals surface area contributed by atoms with Crippen LogP contribution in [0.5, 0.6) is 0 Å². The number of nitrogens with zero attached hydrogens (tertiary/aromatic N) is 2. The predicted octanol–water partition coefficient (Wildman–Crippen LogP) is 8.68. The molecule has 194 valence electrons. The lowest BCUT2D eigenvalue weighted by Crippen LogP contribution is -2.31. The summed E-state index contributed by atoms with van der Waals surface area (Å²) in [5.41, 5.74) is 9.57. The number of hydrogen-bond acceptors (Lipinski definition) is 2. The van der Waals surface area contributed by atoms with E-state index in [-0.39, 0.29) is 11.0 Å². The van der Waals surface area contributed by atoms with E-state index in [0.717, 1.165) is 21.9 Å². The Morgan fingerprint density at radius 3 is 2.38 bits per heavy atom. The van der Waals surface area contributed by atoms with Crippen molar-refractivity contribution in [2.75, 3.05) is 0 Å². The van der Waals surface area contributed by atoms with Crippen LogP contribution in [0.1, 0.15) is 45.8 Å². The van der Waals surface area contributed by atoms with E-state index in [1.807, 2.05) is 31.2 Å². The zero-order valence-corrected chi connectivity index (χ0v) is 22.7. The number of hydrogen-bond donors (Lipinski definition) is 0. The molecule has 0 saturated carbocycles. The van der Waals surface area contributed by atoms with Crippen LogP contribution >= 0.6 is 0 Å². The first kappa shape index (κ1) is 21.1. The van der Waals surface area contributed by atoms with Gasteiger partial charge in [-0.25, -0.2) is 8.96 Å². The molecule has 3 nitrogen and oxygen atoms in total. The van der Waals surface area contributed by atoms with Gasteiger partial charge in [0.15, 0.2) is 6.20 Å². The fraction of sp³-hybridized carbons (Fsp3) is 0.167. The normalized spacial score (nSPS) is 14.8. The SMILES string of the molecule is [2H]C([2H])([2H])c1c[n+](C)c(-c2c(C)ccc3c2oc2c(-c4ccc5c(c4)C(C)(C)c4ccccc4-5)c(C#N)ccc23)cc1F. The van der Waals surface area contributed by atoms with E-state index in [1.54, 1.807) is 11.6 Å². The van der Waals surface area contributed by atoms with E-state index in [1.165, 1.54) is 34.5 Å². The van der Waals surface area contributed by atoms with E-state index < -0.39 is 12.7 Å². The molecule has 0 fully saturated rings. The summed E-state index contributed by atoms with van der Waals surface area (Å²) in [6, 6.07) is 26.1. The lowest BCUT2D eigenvalue weighted by molar-refractivity contribution is -0.661. The van der Waals surface area contributed by atoms with E-state index >= 15 is 4.39 Å². The van der Waals surface area contributed by atoms with Gasteiger partial charge in [-0.3, -0.25) is 0 Å². The summed E-state index contributed by atoms with van der Waals surface area (Å²) in [5.74, 6) is -0.796. The van der Waals surface area contributed by atoms with Gasteiger partial charge in [-0.15, -0.1) is 0 Å². The van der Waals surface area contributed by atoms with Crippen LogP contribution in [0.2, 0.25) is 0 Å². The van der Waals surface area contributed by atoms with Crippen molar-refractivity contribution in [3.05, 3.63) is 113 Å². The Balaban J connectivity index is 1.50. The van der Waals surface area contributed by atoms with E-state index in [2.05, 4.69) is 62.4 Å². The summed E-state index contributed by atoms with van der Waals surface area (Å²) in [4.78, 5) is 0. The largest absolute Gasteiger partial charge is 0.454 e. The Hall–Kier alpha value is -4.75. The first-order valence-electron chi connectivity index (χ1n) is 14.8. The van der Waals surface area contributed by atoms with Crippen LogP contribution in [0.15, 0.2) is 83.4 Å². The van der Waals surface area contributed by atoms with Crippen molar-refractivity contribution in [2.24, 2.45) is 7.05 Å². The van der Waals surface area contributed by atoms with Gasteiger partial charge in [0.2, 0.25) is 5.69 Å². The number of aromatic nitrogens is 1. The Morgan fingerprint density at radius 1 is 0.875 bits per heavy atom. The first-order chi connectivity index (χ1) is 20.4. The lowest BCUT2D eigenvalue weighted by Gasteiger charge is -2.22. The van der Waals surface area contributed by atoms with Crippen LogP contribution in [0.25, 0.3) is 55.4 Å². The van der Waals surface area contributed by atoms with Gasteiger partial charge in [-0.1, -0.05) is 62.4 Å². The summed E-state index contributed by atoms with van der Waals surface area (Å²) >= 11 is 0. The molecule has 0 saturated heterocycles. The maximum atomic E-state index is 15.2. The zero-order valence-electron chi connectivity index (χ0n) is 25.7. The molecule has 1 aliphatic carbocycles. The Bertz CT molecular complexity index is 2200. The molecule has 1 aliphatic rings. The third kappa shape index (κ3) is 3.24. The highest BCUT2D eigenvalue weighted by Gasteiger charge is 2.35. The minimum absolute atomic E-state index is 0.208. The van der Waals surface area contributed by atoms with Gasteiger partial charge in [0, 0.05) is 37.5 Å². The number of benzene rings is 4. The smallest absolute Gasteiger partial charge is 0.219 e. The van der Waals surface area contributed by atoms with Crippen molar-refractivity contribution in [3.63, 3.8) is 0 Å². The Morgan fingerprint density at radius 2 is 1.60 bits per heavy atom. The molecule has 4 heteroatoms. The van der Waals surface area contributed by atoms with Crippen LogP contribution in [0.3, 0.4) is 0 Å². The lowest BCUT2D eigenvalue weighted by atomic mass is 9.81. The molecule has 40 heavy (non-hydrogen) atoms. The van der Waals surface area contributed by atoms with Crippen LogP contribution in [-0.2, 0) is 12.5 Å². The summed E-state index contributed by atoms with van der Waals surface area (Å²) in [7, 11) is 1.70. The Kier molecular flexibility index (Phi) is 4.42. The molecule has 0 bridgehead atoms. The highest BCUT2D eigenvalue weighted by atomic mass is 19.1. The minimum Gasteiger partial charge on any atom is -0.454 e. The molecule has 2 aromatic heterocycles. The van der Waals surface area contributed by atoms with Gasteiger partial charge < -0.3 is 4.42 Å². The zero-order chi connectivity index (χ0) is 30.4. The molecule has 0 aliphatic heterocycles. The van der Waals surface area contributed by atoms with Gasteiger partial charge in [0.25, 0.3) is 0 Å². The maximum Gasteiger partial charge on any atom is 0.219 e. The second-order valence-electron chi connectivity index (χ2n) is 11.2. The second-order valence-corrected chi connectivity index (χ2v) is 11.2. The van der Waals surface area contributed by atoms with Crippen molar-refractivity contribution >= 4 is 21.9 Å². The van der Waals surface area contributed by atoms with Gasteiger partial charge in [0.1, 0.15) is 24.0 Å². The van der Waals surface area contributed by atoms with E-state index in [0.29, 0.717) is 33.6 Å². The number of halogens is 1. The molecule has 0 atom stereocenters. The van der Waals surface area contributed by atoms with Crippen molar-refractivity contribution in [2.45, 2.75) is 33.0 Å². The average molecular weight is 527 g/mol. The summed E-state index contributed by atoms with van der Waals surface area (Å²) in [5, 5.41) is 11.9. The average Bonchev–Trinajstić information content (AvgIpc) is 3.45. The highest BCUT2D eigenvalue weighted by Crippen LogP contribution is 2.50. The molecule has 0 radical (unpaired) electrons. The highest BCUT2D eigenvalue weighted by molar-refractivity contribution is 6.14. The van der Waals surface area contributed by atoms with Crippen molar-refractivity contribution in [3.8, 4) is 39.6 Å². The van der Waals surface area contributed by atoms with E-state index in [9.17, 15) is 5.26 Å². The monoisotopic (exact) mass is 526 g/mol. The fourth-order valence-corrected chi connectivity index (χ4v) is 6.43. The first-order valence-corrected chi connectivity index (χ1v) is 13.3. The van der Waals surface area contributed by atoms with Crippen LogP contribution in [0.4, 0.5) is 4.39 Å². The molecular weight excluding hydrogens is 495 g/mol. The van der Waals surface area contributed by atoms with Gasteiger partial charge in [-0.05, 0) is 65.4 Å². The number of aryl methyl sites for hydroxylation is 3. The van der Waals surface area contributed by atoms with Crippen molar-refractivity contribution in [1.82, 2.24) is 0 Å². The number of furan rings is 1. The molecule has 7 rings (SSSR count). The molecule has 4 aromatic carbocycles. The Labute approximate surface area is 237 Å². The molecule has 0 spiro atoms. The van der Waals surface area contributed by atoms with Crippen LogP contribution in [-0.4, -0.2) is 0 Å². The van der Waals surface area contributed by atoms with Crippen LogP contribution in [0, 0.1) is 30.9 Å². The maximum absolute atomic E-state index is 15.2. The molecule has 0 amide bonds. The van der Waals surface area contributed by atoms with Gasteiger partial charge in [0.05, 0.1) is 17.2 Å². The molecule has 0 N–H and O–H groups in total. The summed E-state index contributed by atoms with van der Waals surface area (Å²) in [6.07, 6.45) is 1.32. The number of rotatable bonds is 2. The molecule has 6 aromatic rings. The number of nitriles is 1. The van der Waals surface area contributed by atoms with Crippen LogP contribution < -0.4 is 4.57 Å². The number of fused-ring (bicyclic) bond motifs is 6. The summed E-state index contributed by atoms with van der Waals surface area (Å²) in [6.45, 7) is 3.79. The minimum atomic E-state index is -2.57. The van der Waals surface area contributed by atoms with E-state index in [4.69, 9.17) is 8.53 Å². The topological polar surface area (TPSA) is 40.8 Å². The fourth-order valence-electron chi connectivity index (χ4n) is 6.43. The quantitative estimate of drug-likeness (QED) is 0.212.